The minimum absolute atomic E-state index is 0.123. The number of nitrogens with one attached hydrogen (secondary N) is 1. The molecule has 0 saturated carbocycles. The molecule has 0 aliphatic carbocycles. The predicted molar refractivity (Wildman–Crippen MR) is 67.0 cm³/mol. The number of benzene rings is 1. The highest BCUT2D eigenvalue weighted by Crippen LogP contribution is 2.18. The molecule has 1 atom stereocenters. The van der Waals surface area contributed by atoms with Crippen molar-refractivity contribution in [2.45, 2.75) is 12.5 Å². The summed E-state index contributed by atoms with van der Waals surface area (Å²) in [7, 11) is 1.66. The second-order valence-electron chi connectivity index (χ2n) is 3.86. The molecular weight excluding hydrogens is 218 g/mol. The Kier molecular flexibility index (Phi) is 3.95. The van der Waals surface area contributed by atoms with Gasteiger partial charge in [0.2, 0.25) is 0 Å². The van der Waals surface area contributed by atoms with Gasteiger partial charge in [-0.25, -0.2) is 0 Å². The van der Waals surface area contributed by atoms with E-state index in [0.29, 0.717) is 19.2 Å². The number of nitrogens with two attached hydrogens (primary N) is 1. The lowest BCUT2D eigenvalue weighted by Gasteiger charge is -2.14. The lowest BCUT2D eigenvalue weighted by molar-refractivity contribution is 0.182. The molecule has 5 heteroatoms. The summed E-state index contributed by atoms with van der Waals surface area (Å²) in [5, 5.41) is 3.19. The van der Waals surface area contributed by atoms with Gasteiger partial charge in [-0.2, -0.15) is 4.98 Å². The summed E-state index contributed by atoms with van der Waals surface area (Å²) in [5.74, 6) is 0. The Hall–Kier alpha value is -1.59. The van der Waals surface area contributed by atoms with Gasteiger partial charge in [0.05, 0.1) is 12.6 Å². The molecule has 1 heterocycles. The molecule has 1 aromatic carbocycles. The average molecular weight is 235 g/mol. The SMILES string of the molecule is COCC(CCN)Nc1nc2ccccc2o1. The first-order valence-electron chi connectivity index (χ1n) is 5.64. The van der Waals surface area contributed by atoms with Crippen molar-refractivity contribution >= 4 is 17.1 Å². The van der Waals surface area contributed by atoms with Crippen molar-refractivity contribution < 1.29 is 9.15 Å². The van der Waals surface area contributed by atoms with Crippen molar-refractivity contribution in [2.75, 3.05) is 25.6 Å². The number of hydrogen-bond acceptors (Lipinski definition) is 5. The van der Waals surface area contributed by atoms with Crippen molar-refractivity contribution in [1.29, 1.82) is 0 Å². The first kappa shape index (κ1) is 11.9. The average Bonchev–Trinajstić information content (AvgIpc) is 2.71. The van der Waals surface area contributed by atoms with Crippen LogP contribution in [0.15, 0.2) is 28.7 Å². The standard InChI is InChI=1S/C12H17N3O2/c1-16-8-9(6-7-13)14-12-15-10-4-2-3-5-11(10)17-12/h2-5,9H,6-8,13H2,1H3,(H,14,15). The Balaban J connectivity index is 2.10. The summed E-state index contributed by atoms with van der Waals surface area (Å²) in [4.78, 5) is 4.34. The van der Waals surface area contributed by atoms with E-state index in [0.717, 1.165) is 17.5 Å². The Labute approximate surface area is 100.0 Å². The monoisotopic (exact) mass is 235 g/mol. The Morgan fingerprint density at radius 2 is 2.29 bits per heavy atom. The fourth-order valence-electron chi connectivity index (χ4n) is 1.71. The molecular formula is C12H17N3O2. The van der Waals surface area contributed by atoms with Crippen LogP contribution in [0.1, 0.15) is 6.42 Å². The second-order valence-corrected chi connectivity index (χ2v) is 3.86. The maximum atomic E-state index is 5.57. The minimum atomic E-state index is 0.123. The normalized spacial score (nSPS) is 12.8. The number of fused-ring (bicyclic) bond motifs is 1. The van der Waals surface area contributed by atoms with E-state index in [1.165, 1.54) is 0 Å². The van der Waals surface area contributed by atoms with Gasteiger partial charge < -0.3 is 20.2 Å². The third-order valence-corrected chi connectivity index (χ3v) is 2.50. The summed E-state index contributed by atoms with van der Waals surface area (Å²) in [5.41, 5.74) is 7.16. The molecule has 2 rings (SSSR count). The summed E-state index contributed by atoms with van der Waals surface area (Å²) < 4.78 is 10.7. The van der Waals surface area contributed by atoms with Gasteiger partial charge >= 0.3 is 0 Å². The number of hydrogen-bond donors (Lipinski definition) is 2. The molecule has 0 spiro atoms. The molecule has 0 radical (unpaired) electrons. The number of nitrogens with zero attached hydrogens (tertiary/aromatic N) is 1. The van der Waals surface area contributed by atoms with Crippen LogP contribution in [0.2, 0.25) is 0 Å². The highest BCUT2D eigenvalue weighted by molar-refractivity contribution is 5.74. The zero-order valence-corrected chi connectivity index (χ0v) is 9.85. The van der Waals surface area contributed by atoms with Crippen LogP contribution in [0.4, 0.5) is 6.01 Å². The number of rotatable bonds is 6. The van der Waals surface area contributed by atoms with Gasteiger partial charge in [-0.1, -0.05) is 12.1 Å². The molecule has 0 amide bonds. The van der Waals surface area contributed by atoms with Crippen LogP contribution >= 0.6 is 0 Å². The van der Waals surface area contributed by atoms with Crippen LogP contribution < -0.4 is 11.1 Å². The first-order valence-corrected chi connectivity index (χ1v) is 5.64. The molecule has 5 nitrogen and oxygen atoms in total. The van der Waals surface area contributed by atoms with E-state index >= 15 is 0 Å². The second kappa shape index (κ2) is 5.65. The molecule has 17 heavy (non-hydrogen) atoms. The molecule has 0 saturated heterocycles. The summed E-state index contributed by atoms with van der Waals surface area (Å²) >= 11 is 0. The number of methoxy groups -OCH3 is 1. The fourth-order valence-corrected chi connectivity index (χ4v) is 1.71. The predicted octanol–water partition coefficient (Wildman–Crippen LogP) is 1.60. The van der Waals surface area contributed by atoms with Gasteiger partial charge in [-0.3, -0.25) is 0 Å². The Morgan fingerprint density at radius 1 is 1.47 bits per heavy atom. The van der Waals surface area contributed by atoms with Crippen molar-refractivity contribution in [1.82, 2.24) is 4.98 Å². The van der Waals surface area contributed by atoms with Gasteiger partial charge in [0.1, 0.15) is 5.52 Å². The zero-order chi connectivity index (χ0) is 12.1. The molecule has 0 bridgehead atoms. The number of anilines is 1. The van der Waals surface area contributed by atoms with Crippen molar-refractivity contribution in [3.05, 3.63) is 24.3 Å². The summed E-state index contributed by atoms with van der Waals surface area (Å²) in [6.07, 6.45) is 0.812. The van der Waals surface area contributed by atoms with Gasteiger partial charge in [-0.15, -0.1) is 0 Å². The van der Waals surface area contributed by atoms with Crippen LogP contribution in [0.5, 0.6) is 0 Å². The van der Waals surface area contributed by atoms with Crippen molar-refractivity contribution in [2.24, 2.45) is 5.73 Å². The molecule has 1 aromatic heterocycles. The van der Waals surface area contributed by atoms with Crippen LogP contribution in [-0.4, -0.2) is 31.3 Å². The topological polar surface area (TPSA) is 73.3 Å². The van der Waals surface area contributed by atoms with E-state index in [-0.39, 0.29) is 6.04 Å². The smallest absolute Gasteiger partial charge is 0.295 e. The third kappa shape index (κ3) is 2.95. The minimum Gasteiger partial charge on any atom is -0.424 e. The zero-order valence-electron chi connectivity index (χ0n) is 9.85. The van der Waals surface area contributed by atoms with E-state index in [1.807, 2.05) is 24.3 Å². The number of ether oxygens (including phenoxy) is 1. The molecule has 0 fully saturated rings. The Bertz CT molecular complexity index is 430. The maximum absolute atomic E-state index is 5.57. The number of aromatic nitrogens is 1. The van der Waals surface area contributed by atoms with Crippen LogP contribution in [0.25, 0.3) is 11.1 Å². The Morgan fingerprint density at radius 3 is 3.00 bits per heavy atom. The number of para-hydroxylation sites is 2. The quantitative estimate of drug-likeness (QED) is 0.795. The summed E-state index contributed by atoms with van der Waals surface area (Å²) in [6, 6.07) is 8.30. The van der Waals surface area contributed by atoms with E-state index in [1.54, 1.807) is 7.11 Å². The van der Waals surface area contributed by atoms with Gasteiger partial charge in [-0.05, 0) is 25.1 Å². The van der Waals surface area contributed by atoms with Crippen LogP contribution in [0.3, 0.4) is 0 Å². The first-order chi connectivity index (χ1) is 8.33. The third-order valence-electron chi connectivity index (χ3n) is 2.50. The highest BCUT2D eigenvalue weighted by Gasteiger charge is 2.11. The van der Waals surface area contributed by atoms with Crippen LogP contribution in [-0.2, 0) is 4.74 Å². The van der Waals surface area contributed by atoms with Crippen LogP contribution in [0, 0.1) is 0 Å². The van der Waals surface area contributed by atoms with E-state index in [4.69, 9.17) is 14.9 Å². The van der Waals surface area contributed by atoms with E-state index in [2.05, 4.69) is 10.3 Å². The van der Waals surface area contributed by atoms with E-state index in [9.17, 15) is 0 Å². The molecule has 2 aromatic rings. The van der Waals surface area contributed by atoms with Crippen molar-refractivity contribution in [3.63, 3.8) is 0 Å². The van der Waals surface area contributed by atoms with Gasteiger partial charge in [0.15, 0.2) is 5.58 Å². The highest BCUT2D eigenvalue weighted by atomic mass is 16.5. The molecule has 0 aliphatic rings. The van der Waals surface area contributed by atoms with E-state index < -0.39 is 0 Å². The lowest BCUT2D eigenvalue weighted by atomic mass is 10.2. The van der Waals surface area contributed by atoms with Crippen molar-refractivity contribution in [3.8, 4) is 0 Å². The number of oxazole rings is 1. The fraction of sp³-hybridized carbons (Fsp3) is 0.417. The van der Waals surface area contributed by atoms with Gasteiger partial charge in [0.25, 0.3) is 6.01 Å². The maximum Gasteiger partial charge on any atom is 0.295 e. The summed E-state index contributed by atoms with van der Waals surface area (Å²) in [6.45, 7) is 1.18. The molecule has 3 N–H and O–H groups in total. The molecule has 0 aliphatic heterocycles. The lowest BCUT2D eigenvalue weighted by Crippen LogP contribution is -2.27. The molecule has 92 valence electrons. The van der Waals surface area contributed by atoms with Gasteiger partial charge in [0, 0.05) is 7.11 Å². The molecule has 1 unspecified atom stereocenters. The largest absolute Gasteiger partial charge is 0.424 e.